The van der Waals surface area contributed by atoms with Crippen LogP contribution in [0.2, 0.25) is 15.2 Å². The highest BCUT2D eigenvalue weighted by atomic mass is 35.5. The van der Waals surface area contributed by atoms with Crippen LogP contribution in [-0.4, -0.2) is 46.1 Å². The molecule has 7 rings (SSSR count). The van der Waals surface area contributed by atoms with Crippen molar-refractivity contribution in [2.75, 3.05) is 19.5 Å². The first-order chi connectivity index (χ1) is 25.4. The Balaban J connectivity index is 0.000000192. The van der Waals surface area contributed by atoms with Crippen molar-refractivity contribution >= 4 is 95.7 Å². The third-order valence-electron chi connectivity index (χ3n) is 8.59. The maximum Gasteiger partial charge on any atom is 0.337 e. The van der Waals surface area contributed by atoms with Gasteiger partial charge in [-0.05, 0) is 80.8 Å². The van der Waals surface area contributed by atoms with Crippen LogP contribution in [0.3, 0.4) is 0 Å². The number of ether oxygens (including phenoxy) is 2. The van der Waals surface area contributed by atoms with E-state index in [9.17, 15) is 9.59 Å². The van der Waals surface area contributed by atoms with E-state index in [0.29, 0.717) is 44.5 Å². The Morgan fingerprint density at radius 2 is 1.13 bits per heavy atom. The lowest BCUT2D eigenvalue weighted by molar-refractivity contribution is 0.0592. The van der Waals surface area contributed by atoms with Crippen LogP contribution < -0.4 is 5.32 Å². The Hall–Kier alpha value is -4.65. The number of aromatic nitrogens is 4. The van der Waals surface area contributed by atoms with Gasteiger partial charge in [0.25, 0.3) is 0 Å². The van der Waals surface area contributed by atoms with Gasteiger partial charge in [-0.25, -0.2) is 29.5 Å². The number of hydrogen-bond acceptors (Lipinski definition) is 11. The number of nitrogens with zero attached hydrogens (tertiary/aromatic N) is 4. The highest BCUT2D eigenvalue weighted by Crippen LogP contribution is 2.36. The lowest BCUT2D eigenvalue weighted by atomic mass is 10.1. The molecular formula is C39H32Cl3N5O4S2. The van der Waals surface area contributed by atoms with Gasteiger partial charge in [-0.3, -0.25) is 0 Å². The lowest BCUT2D eigenvalue weighted by Crippen LogP contribution is -2.04. The molecule has 1 N–H and O–H groups in total. The molecule has 3 aromatic carbocycles. The summed E-state index contributed by atoms with van der Waals surface area (Å²) in [5.41, 5.74) is 5.86. The first-order valence-electron chi connectivity index (χ1n) is 16.1. The zero-order valence-corrected chi connectivity index (χ0v) is 33.3. The summed E-state index contributed by atoms with van der Waals surface area (Å²) in [7, 11) is 2.72. The van der Waals surface area contributed by atoms with Crippen LogP contribution in [0.1, 0.15) is 47.2 Å². The predicted molar refractivity (Wildman–Crippen MR) is 216 cm³/mol. The zero-order chi connectivity index (χ0) is 38.0. The average Bonchev–Trinajstić information content (AvgIpc) is 3.63. The van der Waals surface area contributed by atoms with Crippen molar-refractivity contribution in [3.05, 3.63) is 119 Å². The summed E-state index contributed by atoms with van der Waals surface area (Å²) in [6.07, 6.45) is 0. The molecule has 0 fully saturated rings. The number of methoxy groups -OCH3 is 2. The van der Waals surface area contributed by atoms with Crippen molar-refractivity contribution in [2.24, 2.45) is 0 Å². The standard InChI is InChI=1S/C23H19Cl2N3O2S.C16H13ClN2O2S/c1-12-13(2)31-22-19(12)21(26-11-14-4-9-17(24)18(25)10-14)27-20(28-22)15-5-7-16(8-6-15)23(29)30-3;1-8-9(2)22-15-12(8)13(17)18-14(19-15)10-4-6-11(7-5-10)16(20)21-3/h4-10H,11H2,1-3H3,(H,26,27,28);4-7H,1-3H3. The molecule has 0 aliphatic rings. The van der Waals surface area contributed by atoms with Crippen molar-refractivity contribution < 1.29 is 19.1 Å². The number of halogens is 3. The number of esters is 2. The number of hydrogen-bond donors (Lipinski definition) is 1. The monoisotopic (exact) mass is 803 g/mol. The van der Waals surface area contributed by atoms with Gasteiger partial charge in [0.1, 0.15) is 20.6 Å². The molecule has 0 spiro atoms. The van der Waals surface area contributed by atoms with Gasteiger partial charge in [0.2, 0.25) is 0 Å². The number of aryl methyl sites for hydroxylation is 4. The van der Waals surface area contributed by atoms with Gasteiger partial charge in [0.05, 0.1) is 46.2 Å². The summed E-state index contributed by atoms with van der Waals surface area (Å²) in [5.74, 6) is 1.14. The molecule has 0 saturated heterocycles. The second-order valence-electron chi connectivity index (χ2n) is 11.9. The summed E-state index contributed by atoms with van der Waals surface area (Å²) in [6, 6.07) is 19.6. The summed E-state index contributed by atoms with van der Waals surface area (Å²) in [6.45, 7) is 8.76. The number of carbonyl (C=O) groups excluding carboxylic acids is 2. The van der Waals surface area contributed by atoms with E-state index in [-0.39, 0.29) is 11.9 Å². The molecule has 4 heterocycles. The largest absolute Gasteiger partial charge is 0.465 e. The van der Waals surface area contributed by atoms with Crippen LogP contribution in [0.5, 0.6) is 0 Å². The number of rotatable bonds is 7. The van der Waals surface area contributed by atoms with Crippen LogP contribution in [0, 0.1) is 27.7 Å². The van der Waals surface area contributed by atoms with Gasteiger partial charge in [-0.2, -0.15) is 0 Å². The smallest absolute Gasteiger partial charge is 0.337 e. The molecule has 14 heteroatoms. The number of thiophene rings is 2. The fourth-order valence-corrected chi connectivity index (χ4v) is 8.16. The third kappa shape index (κ3) is 8.14. The molecule has 0 amide bonds. The summed E-state index contributed by atoms with van der Waals surface area (Å²) < 4.78 is 9.45. The highest BCUT2D eigenvalue weighted by Gasteiger charge is 2.17. The average molecular weight is 805 g/mol. The molecule has 53 heavy (non-hydrogen) atoms. The number of carbonyl (C=O) groups is 2. The lowest BCUT2D eigenvalue weighted by Gasteiger charge is -2.11. The Kier molecular flexibility index (Phi) is 11.6. The fourth-order valence-electron chi connectivity index (χ4n) is 5.42. The van der Waals surface area contributed by atoms with Crippen molar-refractivity contribution in [2.45, 2.75) is 34.2 Å². The molecular weight excluding hydrogens is 773 g/mol. The first kappa shape index (κ1) is 38.1. The normalized spacial score (nSPS) is 11.0. The second kappa shape index (κ2) is 16.2. The fraction of sp³-hybridized carbons (Fsp3) is 0.179. The van der Waals surface area contributed by atoms with Gasteiger partial charge in [-0.1, -0.05) is 65.1 Å². The maximum absolute atomic E-state index is 11.7. The van der Waals surface area contributed by atoms with Crippen LogP contribution in [0.25, 0.3) is 43.2 Å². The molecule has 0 atom stereocenters. The van der Waals surface area contributed by atoms with Crippen LogP contribution in [-0.2, 0) is 16.0 Å². The zero-order valence-electron chi connectivity index (χ0n) is 29.4. The van der Waals surface area contributed by atoms with Crippen LogP contribution >= 0.6 is 57.5 Å². The number of fused-ring (bicyclic) bond motifs is 2. The van der Waals surface area contributed by atoms with E-state index in [1.165, 1.54) is 24.0 Å². The van der Waals surface area contributed by atoms with E-state index in [2.05, 4.69) is 33.9 Å². The van der Waals surface area contributed by atoms with Gasteiger partial charge < -0.3 is 14.8 Å². The first-order valence-corrected chi connectivity index (χ1v) is 18.9. The number of benzene rings is 3. The van der Waals surface area contributed by atoms with Crippen molar-refractivity contribution in [3.8, 4) is 22.8 Å². The molecule has 0 saturated carbocycles. The Morgan fingerprint density at radius 1 is 0.642 bits per heavy atom. The second-order valence-corrected chi connectivity index (χ2v) is 15.5. The van der Waals surface area contributed by atoms with Crippen LogP contribution in [0.4, 0.5) is 5.82 Å². The molecule has 0 aliphatic heterocycles. The molecule has 0 unspecified atom stereocenters. The topological polar surface area (TPSA) is 116 Å². The minimum Gasteiger partial charge on any atom is -0.465 e. The molecule has 0 bridgehead atoms. The highest BCUT2D eigenvalue weighted by molar-refractivity contribution is 7.19. The van der Waals surface area contributed by atoms with Crippen molar-refractivity contribution in [3.63, 3.8) is 0 Å². The number of anilines is 1. The van der Waals surface area contributed by atoms with E-state index in [4.69, 9.17) is 49.5 Å². The minimum atomic E-state index is -0.378. The maximum atomic E-state index is 11.7. The Bertz CT molecular complexity index is 2500. The van der Waals surface area contributed by atoms with Gasteiger partial charge in [0, 0.05) is 27.4 Å². The van der Waals surface area contributed by atoms with Crippen molar-refractivity contribution in [1.82, 2.24) is 19.9 Å². The minimum absolute atomic E-state index is 0.370. The summed E-state index contributed by atoms with van der Waals surface area (Å²) >= 11 is 21.7. The van der Waals surface area contributed by atoms with E-state index < -0.39 is 0 Å². The SMILES string of the molecule is COC(=O)c1ccc(-c2nc(Cl)c3c(C)c(C)sc3n2)cc1.COC(=O)c1ccc(-c2nc(NCc3ccc(Cl)c(Cl)c3)c3c(C)c(C)sc3n2)cc1. The van der Waals surface area contributed by atoms with Gasteiger partial charge in [0.15, 0.2) is 11.6 Å². The molecule has 270 valence electrons. The summed E-state index contributed by atoms with van der Waals surface area (Å²) in [5, 5.41) is 6.86. The van der Waals surface area contributed by atoms with Gasteiger partial charge >= 0.3 is 11.9 Å². The predicted octanol–water partition coefficient (Wildman–Crippen LogP) is 11.1. The molecule has 0 aliphatic carbocycles. The summed E-state index contributed by atoms with van der Waals surface area (Å²) in [4.78, 5) is 45.9. The quantitative estimate of drug-likeness (QED) is 0.124. The van der Waals surface area contributed by atoms with E-state index in [1.807, 2.05) is 38.1 Å². The molecule has 9 nitrogen and oxygen atoms in total. The third-order valence-corrected chi connectivity index (χ3v) is 11.8. The molecule has 4 aromatic heterocycles. The Morgan fingerprint density at radius 3 is 1.64 bits per heavy atom. The molecule has 0 radical (unpaired) electrons. The van der Waals surface area contributed by atoms with Crippen LogP contribution in [0.15, 0.2) is 66.7 Å². The van der Waals surface area contributed by atoms with Gasteiger partial charge in [-0.15, -0.1) is 22.7 Å². The van der Waals surface area contributed by atoms with E-state index in [1.54, 1.807) is 65.1 Å². The molecule has 7 aromatic rings. The van der Waals surface area contributed by atoms with E-state index >= 15 is 0 Å². The van der Waals surface area contributed by atoms with Crippen molar-refractivity contribution in [1.29, 1.82) is 0 Å². The number of nitrogens with one attached hydrogen (secondary N) is 1. The van der Waals surface area contributed by atoms with E-state index in [0.717, 1.165) is 54.1 Å². The Labute approximate surface area is 328 Å².